The van der Waals surface area contributed by atoms with Gasteiger partial charge in [0.1, 0.15) is 11.6 Å². The van der Waals surface area contributed by atoms with Gasteiger partial charge in [-0.25, -0.2) is 9.97 Å². The van der Waals surface area contributed by atoms with Gasteiger partial charge in [0.2, 0.25) is 0 Å². The first-order valence-electron chi connectivity index (χ1n) is 5.87. The van der Waals surface area contributed by atoms with Crippen molar-refractivity contribution in [3.63, 3.8) is 0 Å². The van der Waals surface area contributed by atoms with Crippen molar-refractivity contribution in [3.8, 4) is 0 Å². The molecule has 1 rings (SSSR count). The van der Waals surface area contributed by atoms with E-state index in [1.54, 1.807) is 7.11 Å². The third-order valence-corrected chi connectivity index (χ3v) is 3.65. The summed E-state index contributed by atoms with van der Waals surface area (Å²) in [5.74, 6) is 2.00. The van der Waals surface area contributed by atoms with Crippen molar-refractivity contribution in [2.45, 2.75) is 32.6 Å². The molecular formula is C12H20IN3O. The van der Waals surface area contributed by atoms with E-state index in [0.717, 1.165) is 33.7 Å². The van der Waals surface area contributed by atoms with Crippen LogP contribution in [-0.4, -0.2) is 30.7 Å². The number of halogens is 1. The fourth-order valence-corrected chi connectivity index (χ4v) is 2.41. The SMILES string of the molecule is CCCc1nc(C(C)COC)nc(NC)c1I. The average Bonchev–Trinajstić information content (AvgIpc) is 2.32. The van der Waals surface area contributed by atoms with Crippen LogP contribution in [-0.2, 0) is 11.2 Å². The number of nitrogens with one attached hydrogen (secondary N) is 1. The molecule has 0 aromatic carbocycles. The molecule has 1 atom stereocenters. The van der Waals surface area contributed by atoms with Crippen molar-refractivity contribution in [2.75, 3.05) is 26.1 Å². The topological polar surface area (TPSA) is 47.0 Å². The fourth-order valence-electron chi connectivity index (χ4n) is 1.63. The highest BCUT2D eigenvalue weighted by Crippen LogP contribution is 2.23. The van der Waals surface area contributed by atoms with E-state index < -0.39 is 0 Å². The Morgan fingerprint density at radius 1 is 1.41 bits per heavy atom. The lowest BCUT2D eigenvalue weighted by Gasteiger charge is -2.14. The second-order valence-corrected chi connectivity index (χ2v) is 5.13. The Morgan fingerprint density at radius 2 is 2.12 bits per heavy atom. The van der Waals surface area contributed by atoms with Gasteiger partial charge < -0.3 is 10.1 Å². The van der Waals surface area contributed by atoms with Crippen molar-refractivity contribution in [3.05, 3.63) is 15.1 Å². The van der Waals surface area contributed by atoms with Crippen molar-refractivity contribution < 1.29 is 4.74 Å². The molecule has 0 aliphatic rings. The van der Waals surface area contributed by atoms with Gasteiger partial charge in [0.15, 0.2) is 0 Å². The number of rotatable bonds is 6. The van der Waals surface area contributed by atoms with Crippen LogP contribution < -0.4 is 5.32 Å². The zero-order chi connectivity index (χ0) is 12.8. The number of anilines is 1. The number of hydrogen-bond acceptors (Lipinski definition) is 4. The molecule has 1 aromatic rings. The minimum Gasteiger partial charge on any atom is -0.384 e. The summed E-state index contributed by atoms with van der Waals surface area (Å²) in [6.45, 7) is 4.89. The Hall–Kier alpha value is -0.430. The number of ether oxygens (including phenoxy) is 1. The van der Waals surface area contributed by atoms with E-state index in [2.05, 4.69) is 51.7 Å². The molecule has 0 saturated carbocycles. The van der Waals surface area contributed by atoms with Crippen LogP contribution >= 0.6 is 22.6 Å². The smallest absolute Gasteiger partial charge is 0.143 e. The molecule has 0 amide bonds. The van der Waals surface area contributed by atoms with Crippen LogP contribution in [0.2, 0.25) is 0 Å². The van der Waals surface area contributed by atoms with Gasteiger partial charge in [-0.3, -0.25) is 0 Å². The Bertz CT molecular complexity index is 371. The van der Waals surface area contributed by atoms with Crippen LogP contribution in [0.15, 0.2) is 0 Å². The molecule has 0 bridgehead atoms. The van der Waals surface area contributed by atoms with Crippen LogP contribution in [0.5, 0.6) is 0 Å². The van der Waals surface area contributed by atoms with Gasteiger partial charge >= 0.3 is 0 Å². The summed E-state index contributed by atoms with van der Waals surface area (Å²) in [6, 6.07) is 0. The predicted molar refractivity (Wildman–Crippen MR) is 78.6 cm³/mol. The van der Waals surface area contributed by atoms with E-state index in [0.29, 0.717) is 6.61 Å². The summed E-state index contributed by atoms with van der Waals surface area (Å²) in [6.07, 6.45) is 2.08. The molecule has 0 spiro atoms. The number of aryl methyl sites for hydroxylation is 1. The van der Waals surface area contributed by atoms with Gasteiger partial charge in [-0.15, -0.1) is 0 Å². The Morgan fingerprint density at radius 3 is 2.65 bits per heavy atom. The maximum Gasteiger partial charge on any atom is 0.143 e. The summed E-state index contributed by atoms with van der Waals surface area (Å²) < 4.78 is 6.28. The Balaban J connectivity index is 3.10. The molecule has 0 radical (unpaired) electrons. The van der Waals surface area contributed by atoms with Crippen LogP contribution in [0, 0.1) is 3.57 Å². The molecule has 5 heteroatoms. The largest absolute Gasteiger partial charge is 0.384 e. The highest BCUT2D eigenvalue weighted by atomic mass is 127. The average molecular weight is 349 g/mol. The Kier molecular flexibility index (Phi) is 6.11. The van der Waals surface area contributed by atoms with Gasteiger partial charge in [-0.2, -0.15) is 0 Å². The van der Waals surface area contributed by atoms with Crippen molar-refractivity contribution in [1.82, 2.24) is 9.97 Å². The van der Waals surface area contributed by atoms with Gasteiger partial charge in [0.05, 0.1) is 15.9 Å². The lowest BCUT2D eigenvalue weighted by molar-refractivity contribution is 0.181. The predicted octanol–water partition coefficient (Wildman–Crippen LogP) is 2.83. The minimum atomic E-state index is 0.222. The maximum absolute atomic E-state index is 5.16. The highest BCUT2D eigenvalue weighted by Gasteiger charge is 2.15. The van der Waals surface area contributed by atoms with E-state index in [1.165, 1.54) is 0 Å². The number of nitrogens with zero attached hydrogens (tertiary/aromatic N) is 2. The quantitative estimate of drug-likeness (QED) is 0.803. The third-order valence-electron chi connectivity index (χ3n) is 2.52. The van der Waals surface area contributed by atoms with Crippen LogP contribution in [0.25, 0.3) is 0 Å². The van der Waals surface area contributed by atoms with E-state index in [1.807, 2.05) is 7.05 Å². The fraction of sp³-hybridized carbons (Fsp3) is 0.667. The molecule has 1 aromatic heterocycles. The van der Waals surface area contributed by atoms with Crippen molar-refractivity contribution in [1.29, 1.82) is 0 Å². The summed E-state index contributed by atoms with van der Waals surface area (Å²) in [5.41, 5.74) is 1.13. The van der Waals surface area contributed by atoms with Crippen molar-refractivity contribution >= 4 is 28.4 Å². The molecular weight excluding hydrogens is 329 g/mol. The van der Waals surface area contributed by atoms with E-state index in [4.69, 9.17) is 4.74 Å². The lowest BCUT2D eigenvalue weighted by atomic mass is 10.1. The first kappa shape index (κ1) is 14.6. The molecule has 1 heterocycles. The van der Waals surface area contributed by atoms with E-state index in [-0.39, 0.29) is 5.92 Å². The van der Waals surface area contributed by atoms with E-state index >= 15 is 0 Å². The maximum atomic E-state index is 5.16. The summed E-state index contributed by atoms with van der Waals surface area (Å²) in [7, 11) is 3.60. The van der Waals surface area contributed by atoms with Gasteiger partial charge in [0, 0.05) is 20.1 Å². The molecule has 96 valence electrons. The van der Waals surface area contributed by atoms with Crippen LogP contribution in [0.4, 0.5) is 5.82 Å². The monoisotopic (exact) mass is 349 g/mol. The van der Waals surface area contributed by atoms with Gasteiger partial charge in [-0.05, 0) is 29.0 Å². The van der Waals surface area contributed by atoms with Crippen LogP contribution in [0.1, 0.15) is 37.7 Å². The number of methoxy groups -OCH3 is 1. The zero-order valence-electron chi connectivity index (χ0n) is 10.9. The molecule has 0 aliphatic heterocycles. The molecule has 0 saturated heterocycles. The molecule has 17 heavy (non-hydrogen) atoms. The first-order valence-corrected chi connectivity index (χ1v) is 6.94. The lowest BCUT2D eigenvalue weighted by Crippen LogP contribution is -2.12. The van der Waals surface area contributed by atoms with Gasteiger partial charge in [-0.1, -0.05) is 20.3 Å². The zero-order valence-corrected chi connectivity index (χ0v) is 13.0. The summed E-state index contributed by atoms with van der Waals surface area (Å²) in [5, 5.41) is 3.13. The molecule has 4 nitrogen and oxygen atoms in total. The highest BCUT2D eigenvalue weighted by molar-refractivity contribution is 14.1. The first-order chi connectivity index (χ1) is 8.13. The van der Waals surface area contributed by atoms with Crippen molar-refractivity contribution in [2.24, 2.45) is 0 Å². The second kappa shape index (κ2) is 7.10. The standard InChI is InChI=1S/C12H20IN3O/c1-5-6-9-10(13)12(14-3)16-11(15-9)8(2)7-17-4/h8H,5-7H2,1-4H3,(H,14,15,16). The van der Waals surface area contributed by atoms with Crippen LogP contribution in [0.3, 0.4) is 0 Å². The third kappa shape index (κ3) is 3.77. The number of hydrogen-bond donors (Lipinski definition) is 1. The molecule has 1 N–H and O–H groups in total. The molecule has 0 aliphatic carbocycles. The van der Waals surface area contributed by atoms with E-state index in [9.17, 15) is 0 Å². The normalized spacial score (nSPS) is 12.5. The minimum absolute atomic E-state index is 0.222. The van der Waals surface area contributed by atoms with Gasteiger partial charge in [0.25, 0.3) is 0 Å². The molecule has 1 unspecified atom stereocenters. The second-order valence-electron chi connectivity index (χ2n) is 4.05. The summed E-state index contributed by atoms with van der Waals surface area (Å²) in [4.78, 5) is 9.19. The summed E-state index contributed by atoms with van der Waals surface area (Å²) >= 11 is 2.31. The Labute approximate surface area is 117 Å². The molecule has 0 fully saturated rings. The number of aromatic nitrogens is 2.